The zero-order chi connectivity index (χ0) is 20.4. The Bertz CT molecular complexity index is 1160. The molecule has 1 N–H and O–H groups in total. The fourth-order valence-electron chi connectivity index (χ4n) is 3.32. The Kier molecular flexibility index (Phi) is 5.61. The van der Waals surface area contributed by atoms with E-state index >= 15 is 0 Å². The summed E-state index contributed by atoms with van der Waals surface area (Å²) in [5.74, 6) is -0.355. The predicted octanol–water partition coefficient (Wildman–Crippen LogP) is 3.04. The minimum atomic E-state index is -0.636. The summed E-state index contributed by atoms with van der Waals surface area (Å²) in [5, 5.41) is 0.285. The number of pyridine rings is 1. The van der Waals surface area contributed by atoms with Crippen molar-refractivity contribution in [3.8, 4) is 0 Å². The van der Waals surface area contributed by atoms with Gasteiger partial charge < -0.3 is 0 Å². The second kappa shape index (κ2) is 7.94. The van der Waals surface area contributed by atoms with Gasteiger partial charge in [-0.25, -0.2) is 9.78 Å². The Balaban J connectivity index is 2.24. The van der Waals surface area contributed by atoms with Crippen molar-refractivity contribution in [1.29, 1.82) is 0 Å². The van der Waals surface area contributed by atoms with Crippen LogP contribution in [0, 0.1) is 13.8 Å². The molecule has 2 heterocycles. The van der Waals surface area contributed by atoms with Gasteiger partial charge in [0.25, 0.3) is 5.56 Å². The number of aromatic nitrogens is 3. The first-order valence-electron chi connectivity index (χ1n) is 8.89. The van der Waals surface area contributed by atoms with E-state index in [2.05, 4.69) is 9.97 Å². The fraction of sp³-hybridized carbons (Fsp3) is 0.238. The van der Waals surface area contributed by atoms with Crippen LogP contribution in [0.4, 0.5) is 0 Å². The lowest BCUT2D eigenvalue weighted by Crippen LogP contribution is -2.37. The molecule has 0 atom stereocenters. The summed E-state index contributed by atoms with van der Waals surface area (Å²) < 4.78 is 1.30. The van der Waals surface area contributed by atoms with Crippen LogP contribution in [0.1, 0.15) is 45.2 Å². The normalized spacial score (nSPS) is 10.9. The smallest absolute Gasteiger partial charge is 0.287 e. The molecule has 144 valence electrons. The van der Waals surface area contributed by atoms with Crippen molar-refractivity contribution in [3.05, 3.63) is 96.0 Å². The molecule has 28 heavy (non-hydrogen) atoms. The molecule has 0 amide bonds. The van der Waals surface area contributed by atoms with Gasteiger partial charge in [0, 0.05) is 17.3 Å². The lowest BCUT2D eigenvalue weighted by atomic mass is 9.99. The number of halogens is 1. The van der Waals surface area contributed by atoms with Gasteiger partial charge in [0.1, 0.15) is 10.8 Å². The molecule has 0 bridgehead atoms. The topological polar surface area (TPSA) is 84.8 Å². The van der Waals surface area contributed by atoms with Crippen LogP contribution in [-0.2, 0) is 13.0 Å². The molecule has 0 fully saturated rings. The number of ketones is 1. The van der Waals surface area contributed by atoms with E-state index in [0.717, 1.165) is 11.1 Å². The highest BCUT2D eigenvalue weighted by Gasteiger charge is 2.22. The predicted molar refractivity (Wildman–Crippen MR) is 108 cm³/mol. The van der Waals surface area contributed by atoms with Gasteiger partial charge in [-0.3, -0.25) is 19.1 Å². The van der Waals surface area contributed by atoms with Crippen molar-refractivity contribution in [3.63, 3.8) is 0 Å². The number of carbonyl (C=O) groups excluding carboxylic acids is 1. The number of rotatable bonds is 5. The molecule has 0 saturated heterocycles. The third-order valence-corrected chi connectivity index (χ3v) is 4.69. The largest absolute Gasteiger partial charge is 0.329 e. The van der Waals surface area contributed by atoms with Crippen molar-refractivity contribution in [2.24, 2.45) is 0 Å². The molecule has 0 aliphatic heterocycles. The molecule has 0 aliphatic rings. The molecule has 3 rings (SSSR count). The van der Waals surface area contributed by atoms with E-state index < -0.39 is 11.2 Å². The monoisotopic (exact) mass is 397 g/mol. The Morgan fingerprint density at radius 3 is 2.43 bits per heavy atom. The molecule has 0 unspecified atom stereocenters. The molecule has 0 saturated carbocycles. The number of H-pyrrole nitrogens is 1. The van der Waals surface area contributed by atoms with Gasteiger partial charge in [0.05, 0.1) is 6.54 Å². The number of hydrogen-bond acceptors (Lipinski definition) is 4. The number of aromatic amines is 1. The summed E-state index contributed by atoms with van der Waals surface area (Å²) in [4.78, 5) is 44.6. The Labute approximate surface area is 166 Å². The van der Waals surface area contributed by atoms with E-state index in [1.165, 1.54) is 10.8 Å². The third-order valence-electron chi connectivity index (χ3n) is 4.48. The Morgan fingerprint density at radius 2 is 1.82 bits per heavy atom. The van der Waals surface area contributed by atoms with Gasteiger partial charge in [-0.2, -0.15) is 0 Å². The molecular formula is C21H20ClN3O3. The summed E-state index contributed by atoms with van der Waals surface area (Å²) in [5.41, 5.74) is 2.22. The second-order valence-corrected chi connectivity index (χ2v) is 7.11. The number of hydrogen-bond donors (Lipinski definition) is 1. The molecule has 1 aromatic carbocycles. The molecule has 3 aromatic rings. The lowest BCUT2D eigenvalue weighted by Gasteiger charge is -2.15. The third kappa shape index (κ3) is 3.97. The van der Waals surface area contributed by atoms with E-state index in [-0.39, 0.29) is 28.7 Å². The average molecular weight is 398 g/mol. The summed E-state index contributed by atoms with van der Waals surface area (Å²) in [7, 11) is 0. The van der Waals surface area contributed by atoms with E-state index in [4.69, 9.17) is 11.6 Å². The number of carbonyl (C=O) groups is 1. The minimum absolute atomic E-state index is 0.0940. The number of benzene rings is 1. The second-order valence-electron chi connectivity index (χ2n) is 6.72. The van der Waals surface area contributed by atoms with Crippen LogP contribution in [0.5, 0.6) is 0 Å². The first-order valence-corrected chi connectivity index (χ1v) is 9.27. The number of nitrogens with zero attached hydrogens (tertiary/aromatic N) is 2. The van der Waals surface area contributed by atoms with Crippen molar-refractivity contribution in [2.45, 2.75) is 33.7 Å². The Hall–Kier alpha value is -2.99. The summed E-state index contributed by atoms with van der Waals surface area (Å²) in [6.45, 7) is 5.67. The average Bonchev–Trinajstić information content (AvgIpc) is 2.62. The summed E-state index contributed by atoms with van der Waals surface area (Å²) in [6, 6.07) is 8.80. The van der Waals surface area contributed by atoms with Crippen LogP contribution >= 0.6 is 11.6 Å². The van der Waals surface area contributed by atoms with E-state index in [0.29, 0.717) is 17.5 Å². The Morgan fingerprint density at radius 1 is 1.14 bits per heavy atom. The summed E-state index contributed by atoms with van der Waals surface area (Å²) in [6.07, 6.45) is 1.85. The molecule has 6 nitrogen and oxygen atoms in total. The maximum atomic E-state index is 13.4. The maximum absolute atomic E-state index is 13.4. The van der Waals surface area contributed by atoms with Crippen LogP contribution in [0.15, 0.2) is 46.1 Å². The minimum Gasteiger partial charge on any atom is -0.287 e. The van der Waals surface area contributed by atoms with Crippen molar-refractivity contribution in [1.82, 2.24) is 14.5 Å². The zero-order valence-electron chi connectivity index (χ0n) is 15.9. The molecule has 0 radical (unpaired) electrons. The molecule has 0 aliphatic carbocycles. The highest BCUT2D eigenvalue weighted by molar-refractivity contribution is 6.29. The van der Waals surface area contributed by atoms with Gasteiger partial charge >= 0.3 is 5.69 Å². The van der Waals surface area contributed by atoms with Gasteiger partial charge in [0.2, 0.25) is 5.78 Å². The fourth-order valence-corrected chi connectivity index (χ4v) is 3.51. The quantitative estimate of drug-likeness (QED) is 0.529. The van der Waals surface area contributed by atoms with Crippen LogP contribution in [0.3, 0.4) is 0 Å². The molecule has 0 spiro atoms. The highest BCUT2D eigenvalue weighted by Crippen LogP contribution is 2.17. The number of nitrogens with one attached hydrogen (secondary N) is 1. The summed E-state index contributed by atoms with van der Waals surface area (Å²) >= 11 is 5.94. The van der Waals surface area contributed by atoms with Crippen LogP contribution in [0.25, 0.3) is 0 Å². The van der Waals surface area contributed by atoms with Gasteiger partial charge in [-0.1, -0.05) is 35.7 Å². The van der Waals surface area contributed by atoms with Gasteiger partial charge in [-0.15, -0.1) is 0 Å². The SMILES string of the molecule is CCc1c(C(=O)c2cc(C)cc(C)c2)n(Cc2ccnc(Cl)c2)c(=O)[nH]c1=O. The van der Waals surface area contributed by atoms with Gasteiger partial charge in [0.15, 0.2) is 0 Å². The van der Waals surface area contributed by atoms with Crippen LogP contribution in [0.2, 0.25) is 5.15 Å². The zero-order valence-corrected chi connectivity index (χ0v) is 16.6. The highest BCUT2D eigenvalue weighted by atomic mass is 35.5. The van der Waals surface area contributed by atoms with Crippen LogP contribution in [-0.4, -0.2) is 20.3 Å². The van der Waals surface area contributed by atoms with Crippen LogP contribution < -0.4 is 11.2 Å². The number of aryl methyl sites for hydroxylation is 2. The van der Waals surface area contributed by atoms with Crippen molar-refractivity contribution >= 4 is 17.4 Å². The van der Waals surface area contributed by atoms with E-state index in [9.17, 15) is 14.4 Å². The molecule has 2 aromatic heterocycles. The first-order chi connectivity index (χ1) is 13.3. The van der Waals surface area contributed by atoms with Gasteiger partial charge in [-0.05, 0) is 50.1 Å². The standard InChI is InChI=1S/C21H20ClN3O3/c1-4-16-18(19(26)15-8-12(2)7-13(3)9-15)25(21(28)24-20(16)27)11-14-5-6-23-17(22)10-14/h5-10H,4,11H2,1-3H3,(H,24,27,28). The van der Waals surface area contributed by atoms with E-state index in [1.54, 1.807) is 31.2 Å². The van der Waals surface area contributed by atoms with Crippen molar-refractivity contribution < 1.29 is 4.79 Å². The molecule has 7 heteroatoms. The van der Waals surface area contributed by atoms with E-state index in [1.807, 2.05) is 19.9 Å². The van der Waals surface area contributed by atoms with Crippen molar-refractivity contribution in [2.75, 3.05) is 0 Å². The first kappa shape index (κ1) is 19.8. The molecular weight excluding hydrogens is 378 g/mol. The lowest BCUT2D eigenvalue weighted by molar-refractivity contribution is 0.102. The maximum Gasteiger partial charge on any atom is 0.329 e.